The van der Waals surface area contributed by atoms with Crippen molar-refractivity contribution in [3.63, 3.8) is 0 Å². The van der Waals surface area contributed by atoms with Gasteiger partial charge < -0.3 is 8.98 Å². The summed E-state index contributed by atoms with van der Waals surface area (Å²) in [4.78, 5) is 12.3. The van der Waals surface area contributed by atoms with E-state index in [1.165, 1.54) is 11.8 Å². The van der Waals surface area contributed by atoms with E-state index in [9.17, 15) is 13.2 Å². The Labute approximate surface area is 154 Å². The van der Waals surface area contributed by atoms with Crippen LogP contribution in [0.2, 0.25) is 0 Å². The maximum atomic E-state index is 12.3. The first kappa shape index (κ1) is 18.2. The quantitative estimate of drug-likeness (QED) is 0.486. The summed E-state index contributed by atoms with van der Waals surface area (Å²) < 4.78 is 31.8. The van der Waals surface area contributed by atoms with E-state index in [0.717, 1.165) is 6.26 Å². The van der Waals surface area contributed by atoms with Crippen LogP contribution < -0.4 is 4.72 Å². The van der Waals surface area contributed by atoms with Crippen LogP contribution >= 0.6 is 11.8 Å². The van der Waals surface area contributed by atoms with Crippen molar-refractivity contribution in [3.05, 3.63) is 48.2 Å². The van der Waals surface area contributed by atoms with Crippen LogP contribution in [0.4, 0.5) is 5.69 Å². The zero-order valence-electron chi connectivity index (χ0n) is 14.0. The van der Waals surface area contributed by atoms with Gasteiger partial charge in [-0.2, -0.15) is 0 Å². The van der Waals surface area contributed by atoms with E-state index in [2.05, 4.69) is 14.9 Å². The van der Waals surface area contributed by atoms with Crippen molar-refractivity contribution in [3.8, 4) is 11.6 Å². The number of rotatable bonds is 7. The molecule has 3 aromatic rings. The molecule has 0 fully saturated rings. The van der Waals surface area contributed by atoms with Gasteiger partial charge in [0.25, 0.3) is 0 Å². The van der Waals surface area contributed by atoms with E-state index in [1.54, 1.807) is 54.3 Å². The number of aromatic nitrogens is 3. The summed E-state index contributed by atoms with van der Waals surface area (Å²) in [7, 11) is -1.54. The molecule has 0 amide bonds. The molecule has 0 aliphatic carbocycles. The van der Waals surface area contributed by atoms with Crippen molar-refractivity contribution in [1.29, 1.82) is 0 Å². The number of furan rings is 1. The first-order chi connectivity index (χ1) is 12.3. The van der Waals surface area contributed by atoms with Gasteiger partial charge in [0.1, 0.15) is 0 Å². The van der Waals surface area contributed by atoms with Crippen molar-refractivity contribution in [2.45, 2.75) is 5.16 Å². The largest absolute Gasteiger partial charge is 0.461 e. The molecule has 136 valence electrons. The predicted molar refractivity (Wildman–Crippen MR) is 98.7 cm³/mol. The van der Waals surface area contributed by atoms with Gasteiger partial charge in [0.15, 0.2) is 22.5 Å². The number of carbonyl (C=O) groups excluding carboxylic acids is 1. The van der Waals surface area contributed by atoms with Gasteiger partial charge in [-0.05, 0) is 36.4 Å². The van der Waals surface area contributed by atoms with Crippen LogP contribution in [0.5, 0.6) is 0 Å². The van der Waals surface area contributed by atoms with Crippen LogP contribution in [0.1, 0.15) is 10.4 Å². The monoisotopic (exact) mass is 392 g/mol. The molecular weight excluding hydrogens is 376 g/mol. The average Bonchev–Trinajstić information content (AvgIpc) is 3.21. The fourth-order valence-electron chi connectivity index (χ4n) is 2.21. The van der Waals surface area contributed by atoms with Crippen molar-refractivity contribution in [2.24, 2.45) is 7.05 Å². The lowest BCUT2D eigenvalue weighted by Crippen LogP contribution is -2.10. The molecule has 0 aliphatic heterocycles. The molecule has 0 saturated heterocycles. The van der Waals surface area contributed by atoms with Crippen LogP contribution in [0.3, 0.4) is 0 Å². The Bertz CT molecular complexity index is 1010. The van der Waals surface area contributed by atoms with Gasteiger partial charge in [-0.1, -0.05) is 11.8 Å². The Morgan fingerprint density at radius 2 is 1.96 bits per heavy atom. The van der Waals surface area contributed by atoms with E-state index in [0.29, 0.717) is 28.0 Å². The molecule has 10 heteroatoms. The van der Waals surface area contributed by atoms with Gasteiger partial charge in [0, 0.05) is 18.3 Å². The molecule has 0 unspecified atom stereocenters. The number of anilines is 1. The molecule has 1 aromatic carbocycles. The van der Waals surface area contributed by atoms with E-state index < -0.39 is 10.0 Å². The number of benzene rings is 1. The van der Waals surface area contributed by atoms with Gasteiger partial charge >= 0.3 is 0 Å². The summed E-state index contributed by atoms with van der Waals surface area (Å²) >= 11 is 1.27. The Hall–Kier alpha value is -2.59. The van der Waals surface area contributed by atoms with Gasteiger partial charge in [0.2, 0.25) is 10.0 Å². The molecule has 8 nitrogen and oxygen atoms in total. The highest BCUT2D eigenvalue weighted by Gasteiger charge is 2.15. The molecular formula is C16H16N4O4S2. The third-order valence-electron chi connectivity index (χ3n) is 3.42. The fourth-order valence-corrected chi connectivity index (χ4v) is 3.58. The maximum Gasteiger partial charge on any atom is 0.229 e. The number of thioether (sulfide) groups is 1. The van der Waals surface area contributed by atoms with Gasteiger partial charge in [-0.25, -0.2) is 8.42 Å². The molecule has 2 aromatic heterocycles. The van der Waals surface area contributed by atoms with Crippen molar-refractivity contribution in [1.82, 2.24) is 14.8 Å². The number of sulfonamides is 1. The van der Waals surface area contributed by atoms with Gasteiger partial charge in [-0.15, -0.1) is 10.2 Å². The smallest absolute Gasteiger partial charge is 0.229 e. The molecule has 0 saturated carbocycles. The molecule has 1 N–H and O–H groups in total. The Balaban J connectivity index is 1.64. The average molecular weight is 392 g/mol. The molecule has 2 heterocycles. The van der Waals surface area contributed by atoms with Crippen molar-refractivity contribution < 1.29 is 17.6 Å². The lowest BCUT2D eigenvalue weighted by Gasteiger charge is -2.05. The molecule has 0 radical (unpaired) electrons. The van der Waals surface area contributed by atoms with Crippen molar-refractivity contribution in [2.75, 3.05) is 16.7 Å². The molecule has 0 spiro atoms. The zero-order chi connectivity index (χ0) is 18.7. The van der Waals surface area contributed by atoms with Crippen LogP contribution in [-0.4, -0.2) is 41.0 Å². The summed E-state index contributed by atoms with van der Waals surface area (Å²) in [5, 5.41) is 8.75. The van der Waals surface area contributed by atoms with Crippen LogP contribution in [-0.2, 0) is 17.1 Å². The first-order valence-corrected chi connectivity index (χ1v) is 10.4. The SMILES string of the molecule is Cn1c(SCC(=O)c2ccc(NS(C)(=O)=O)cc2)nnc1-c1ccco1. The Morgan fingerprint density at radius 3 is 2.58 bits per heavy atom. The van der Waals surface area contributed by atoms with E-state index >= 15 is 0 Å². The van der Waals surface area contributed by atoms with Crippen molar-refractivity contribution >= 4 is 33.3 Å². The van der Waals surface area contributed by atoms with Gasteiger partial charge in [0.05, 0.1) is 18.3 Å². The summed E-state index contributed by atoms with van der Waals surface area (Å²) in [6.07, 6.45) is 2.63. The minimum Gasteiger partial charge on any atom is -0.461 e. The third kappa shape index (κ3) is 4.33. The molecule has 3 rings (SSSR count). The Kier molecular flexibility index (Phi) is 5.14. The number of carbonyl (C=O) groups is 1. The second kappa shape index (κ2) is 7.34. The number of hydrogen-bond donors (Lipinski definition) is 1. The maximum absolute atomic E-state index is 12.3. The zero-order valence-corrected chi connectivity index (χ0v) is 15.7. The van der Waals surface area contributed by atoms with Crippen LogP contribution in [0, 0.1) is 0 Å². The highest BCUT2D eigenvalue weighted by Crippen LogP contribution is 2.23. The summed E-state index contributed by atoms with van der Waals surface area (Å²) in [5.74, 6) is 1.28. The highest BCUT2D eigenvalue weighted by molar-refractivity contribution is 7.99. The minimum atomic E-state index is -3.34. The summed E-state index contributed by atoms with van der Waals surface area (Å²) in [6.45, 7) is 0. The normalized spacial score (nSPS) is 11.5. The summed E-state index contributed by atoms with van der Waals surface area (Å²) in [6, 6.07) is 9.83. The molecule has 0 bridgehead atoms. The second-order valence-corrected chi connectivity index (χ2v) is 8.20. The third-order valence-corrected chi connectivity index (χ3v) is 5.05. The predicted octanol–water partition coefficient (Wildman–Crippen LogP) is 2.42. The topological polar surface area (TPSA) is 107 Å². The highest BCUT2D eigenvalue weighted by atomic mass is 32.2. The fraction of sp³-hybridized carbons (Fsp3) is 0.188. The van der Waals surface area contributed by atoms with E-state index in [-0.39, 0.29) is 11.5 Å². The minimum absolute atomic E-state index is 0.0940. The second-order valence-electron chi connectivity index (χ2n) is 5.51. The molecule has 26 heavy (non-hydrogen) atoms. The van der Waals surface area contributed by atoms with E-state index in [1.807, 2.05) is 0 Å². The molecule has 0 atom stereocenters. The lowest BCUT2D eigenvalue weighted by atomic mass is 10.1. The number of nitrogens with one attached hydrogen (secondary N) is 1. The first-order valence-electron chi connectivity index (χ1n) is 7.50. The summed E-state index contributed by atoms with van der Waals surface area (Å²) in [5.41, 5.74) is 0.901. The van der Waals surface area contributed by atoms with Gasteiger partial charge in [-0.3, -0.25) is 9.52 Å². The number of ketones is 1. The number of hydrogen-bond acceptors (Lipinski definition) is 7. The number of nitrogens with zero attached hydrogens (tertiary/aromatic N) is 3. The van der Waals surface area contributed by atoms with Crippen LogP contribution in [0.15, 0.2) is 52.2 Å². The Morgan fingerprint density at radius 1 is 1.23 bits per heavy atom. The molecule has 0 aliphatic rings. The standard InChI is InChI=1S/C16H16N4O4S2/c1-20-15(14-4-3-9-24-14)17-18-16(20)25-10-13(21)11-5-7-12(8-6-11)19-26(2,22)23/h3-9,19H,10H2,1-2H3. The van der Waals surface area contributed by atoms with Crippen LogP contribution in [0.25, 0.3) is 11.6 Å². The number of Topliss-reactive ketones (excluding diaryl/α,β-unsaturated/α-hetero) is 1. The van der Waals surface area contributed by atoms with E-state index in [4.69, 9.17) is 4.42 Å². The lowest BCUT2D eigenvalue weighted by molar-refractivity contribution is 0.102.